The predicted molar refractivity (Wildman–Crippen MR) is 154 cm³/mol. The summed E-state index contributed by atoms with van der Waals surface area (Å²) in [6.45, 7) is 19.8. The molecule has 0 aliphatic carbocycles. The molecular formula is C33H46ClF. The molecule has 0 heterocycles. The van der Waals surface area contributed by atoms with Crippen LogP contribution in [0.4, 0.5) is 4.39 Å². The first-order valence-corrected chi connectivity index (χ1v) is 12.9. The summed E-state index contributed by atoms with van der Waals surface area (Å²) in [5, 5.41) is 0.882. The molecule has 0 bridgehead atoms. The SMILES string of the molecule is CC(C)(C)Cc1ccccc1.CC(C)(C)Cc1ccccc1Cl.CC(C)(C)Cc1ccccc1F. The van der Waals surface area contributed by atoms with E-state index in [2.05, 4.69) is 98.7 Å². The van der Waals surface area contributed by atoms with Crippen LogP contribution in [0.3, 0.4) is 0 Å². The summed E-state index contributed by atoms with van der Waals surface area (Å²) in [5.74, 6) is -0.0903. The Hall–Kier alpha value is -2.12. The maximum absolute atomic E-state index is 13.1. The van der Waals surface area contributed by atoms with E-state index < -0.39 is 0 Å². The van der Waals surface area contributed by atoms with Gasteiger partial charge in [-0.25, -0.2) is 4.39 Å². The van der Waals surface area contributed by atoms with Gasteiger partial charge in [0.2, 0.25) is 0 Å². The molecule has 3 aromatic rings. The van der Waals surface area contributed by atoms with Crippen molar-refractivity contribution in [3.63, 3.8) is 0 Å². The maximum atomic E-state index is 13.1. The van der Waals surface area contributed by atoms with Crippen LogP contribution in [-0.2, 0) is 19.3 Å². The Morgan fingerprint density at radius 2 is 0.914 bits per heavy atom. The van der Waals surface area contributed by atoms with Crippen molar-refractivity contribution < 1.29 is 4.39 Å². The zero-order chi connectivity index (χ0) is 26.7. The van der Waals surface area contributed by atoms with E-state index >= 15 is 0 Å². The van der Waals surface area contributed by atoms with E-state index in [-0.39, 0.29) is 11.2 Å². The van der Waals surface area contributed by atoms with Crippen molar-refractivity contribution in [3.8, 4) is 0 Å². The van der Waals surface area contributed by atoms with Crippen LogP contribution in [0.15, 0.2) is 78.9 Å². The van der Waals surface area contributed by atoms with Crippen LogP contribution >= 0.6 is 11.6 Å². The quantitative estimate of drug-likeness (QED) is 0.338. The molecule has 0 spiro atoms. The van der Waals surface area contributed by atoms with Gasteiger partial charge in [0.15, 0.2) is 0 Å². The lowest BCUT2D eigenvalue weighted by Crippen LogP contribution is -2.10. The van der Waals surface area contributed by atoms with Gasteiger partial charge < -0.3 is 0 Å². The van der Waals surface area contributed by atoms with Crippen molar-refractivity contribution >= 4 is 11.6 Å². The predicted octanol–water partition coefficient (Wildman–Crippen LogP) is 10.6. The number of benzene rings is 3. The summed E-state index contributed by atoms with van der Waals surface area (Å²) < 4.78 is 13.1. The van der Waals surface area contributed by atoms with Gasteiger partial charge in [0, 0.05) is 5.02 Å². The highest BCUT2D eigenvalue weighted by Crippen LogP contribution is 2.25. The second kappa shape index (κ2) is 13.8. The molecule has 0 unspecified atom stereocenters. The molecular weight excluding hydrogens is 451 g/mol. The third-order valence-corrected chi connectivity index (χ3v) is 5.30. The monoisotopic (exact) mass is 496 g/mol. The second-order valence-electron chi connectivity index (χ2n) is 12.9. The lowest BCUT2D eigenvalue weighted by molar-refractivity contribution is 0.402. The summed E-state index contributed by atoms with van der Waals surface area (Å²) in [7, 11) is 0. The highest BCUT2D eigenvalue weighted by Gasteiger charge is 2.14. The van der Waals surface area contributed by atoms with Gasteiger partial charge in [0.1, 0.15) is 5.82 Å². The Labute approximate surface area is 220 Å². The Balaban J connectivity index is 0.000000263. The van der Waals surface area contributed by atoms with Crippen molar-refractivity contribution in [2.75, 3.05) is 0 Å². The molecule has 0 aliphatic rings. The van der Waals surface area contributed by atoms with Crippen molar-refractivity contribution in [2.45, 2.75) is 81.6 Å². The molecule has 3 rings (SSSR count). The summed E-state index contributed by atoms with van der Waals surface area (Å²) in [6.07, 6.45) is 2.99. The molecule has 0 fully saturated rings. The van der Waals surface area contributed by atoms with Gasteiger partial charge in [-0.3, -0.25) is 0 Å². The van der Waals surface area contributed by atoms with Crippen LogP contribution in [0.25, 0.3) is 0 Å². The van der Waals surface area contributed by atoms with Crippen LogP contribution in [0.2, 0.25) is 5.02 Å². The first kappa shape index (κ1) is 30.9. The van der Waals surface area contributed by atoms with Gasteiger partial charge in [0.05, 0.1) is 0 Å². The molecule has 192 valence electrons. The molecule has 0 nitrogen and oxygen atoms in total. The van der Waals surface area contributed by atoms with Gasteiger partial charge in [-0.1, -0.05) is 141 Å². The minimum Gasteiger partial charge on any atom is -0.207 e. The molecule has 35 heavy (non-hydrogen) atoms. The molecule has 0 aromatic heterocycles. The average Bonchev–Trinajstić information content (AvgIpc) is 2.70. The normalized spacial score (nSPS) is 11.6. The van der Waals surface area contributed by atoms with Gasteiger partial charge in [-0.2, -0.15) is 0 Å². The summed E-state index contributed by atoms with van der Waals surface area (Å²) >= 11 is 6.03. The van der Waals surface area contributed by atoms with Crippen LogP contribution in [0.1, 0.15) is 79.0 Å². The number of hydrogen-bond donors (Lipinski definition) is 0. The fraction of sp³-hybridized carbons (Fsp3) is 0.455. The molecule has 3 aromatic carbocycles. The first-order chi connectivity index (χ1) is 16.1. The summed E-state index contributed by atoms with van der Waals surface area (Å²) in [4.78, 5) is 0. The Bertz CT molecular complexity index is 928. The largest absolute Gasteiger partial charge is 0.207 e. The molecule has 0 saturated carbocycles. The molecule has 0 saturated heterocycles. The van der Waals surface area contributed by atoms with Crippen molar-refractivity contribution in [1.82, 2.24) is 0 Å². The third kappa shape index (κ3) is 15.5. The molecule has 0 aliphatic heterocycles. The molecule has 0 N–H and O–H groups in total. The van der Waals surface area contributed by atoms with E-state index in [1.165, 1.54) is 17.2 Å². The van der Waals surface area contributed by atoms with Gasteiger partial charge in [-0.15, -0.1) is 0 Å². The maximum Gasteiger partial charge on any atom is 0.126 e. The molecule has 2 heteroatoms. The standard InChI is InChI=1S/C11H15Cl.C11H15F.C11H16/c2*1-11(2,3)8-9-6-4-5-7-10(9)12;1-11(2,3)9-10-7-5-4-6-8-10/h2*4-7H,8H2,1-3H3;4-8H,9H2,1-3H3. The second-order valence-corrected chi connectivity index (χ2v) is 13.3. The van der Waals surface area contributed by atoms with E-state index in [9.17, 15) is 4.39 Å². The van der Waals surface area contributed by atoms with E-state index in [1.54, 1.807) is 6.07 Å². The lowest BCUT2D eigenvalue weighted by Gasteiger charge is -2.18. The zero-order valence-electron chi connectivity index (χ0n) is 23.4. The smallest absolute Gasteiger partial charge is 0.126 e. The first-order valence-electron chi connectivity index (χ1n) is 12.6. The minimum atomic E-state index is -0.0903. The van der Waals surface area contributed by atoms with Crippen LogP contribution in [-0.4, -0.2) is 0 Å². The van der Waals surface area contributed by atoms with Gasteiger partial charge in [-0.05, 0) is 64.3 Å². The topological polar surface area (TPSA) is 0 Å². The van der Waals surface area contributed by atoms with E-state index in [0.29, 0.717) is 10.8 Å². The fourth-order valence-corrected chi connectivity index (χ4v) is 3.84. The Morgan fingerprint density at radius 1 is 0.514 bits per heavy atom. The van der Waals surface area contributed by atoms with Crippen molar-refractivity contribution in [2.24, 2.45) is 16.2 Å². The number of rotatable bonds is 3. The minimum absolute atomic E-state index is 0.0903. The van der Waals surface area contributed by atoms with Crippen LogP contribution in [0, 0.1) is 22.1 Å². The molecule has 0 amide bonds. The highest BCUT2D eigenvalue weighted by molar-refractivity contribution is 6.31. The van der Waals surface area contributed by atoms with E-state index in [0.717, 1.165) is 29.8 Å². The van der Waals surface area contributed by atoms with E-state index in [1.807, 2.05) is 30.3 Å². The number of halogens is 2. The van der Waals surface area contributed by atoms with Gasteiger partial charge >= 0.3 is 0 Å². The average molecular weight is 497 g/mol. The molecule has 0 atom stereocenters. The Kier molecular flexibility index (Phi) is 12.2. The fourth-order valence-electron chi connectivity index (χ4n) is 3.63. The molecule has 0 radical (unpaired) electrons. The summed E-state index contributed by atoms with van der Waals surface area (Å²) in [5.41, 5.74) is 4.35. The van der Waals surface area contributed by atoms with E-state index in [4.69, 9.17) is 11.6 Å². The number of hydrogen-bond acceptors (Lipinski definition) is 0. The zero-order valence-corrected chi connectivity index (χ0v) is 24.1. The highest BCUT2D eigenvalue weighted by atomic mass is 35.5. The lowest BCUT2D eigenvalue weighted by atomic mass is 9.88. The third-order valence-electron chi connectivity index (χ3n) is 4.93. The Morgan fingerprint density at radius 3 is 1.37 bits per heavy atom. The van der Waals surface area contributed by atoms with Crippen LogP contribution in [0.5, 0.6) is 0 Å². The van der Waals surface area contributed by atoms with Crippen LogP contribution < -0.4 is 0 Å². The van der Waals surface area contributed by atoms with Crippen molar-refractivity contribution in [3.05, 3.63) is 106 Å². The van der Waals surface area contributed by atoms with Crippen molar-refractivity contribution in [1.29, 1.82) is 0 Å². The summed E-state index contributed by atoms with van der Waals surface area (Å²) in [6, 6.07) is 25.6. The van der Waals surface area contributed by atoms with Gasteiger partial charge in [0.25, 0.3) is 0 Å².